The van der Waals surface area contributed by atoms with Crippen molar-refractivity contribution >= 4 is 28.1 Å². The maximum absolute atomic E-state index is 11.8. The van der Waals surface area contributed by atoms with Crippen LogP contribution in [0.5, 0.6) is 0 Å². The SMILES string of the molecule is CCCCOC(=O)c1cc[nH][c]1[Sn]([CH3])([CH3])[CH3]. The van der Waals surface area contributed by atoms with Gasteiger partial charge in [0.15, 0.2) is 0 Å². The summed E-state index contributed by atoms with van der Waals surface area (Å²) in [7, 11) is 0. The molecule has 0 saturated heterocycles. The number of aromatic amines is 1. The molecule has 0 aromatic carbocycles. The van der Waals surface area contributed by atoms with Crippen LogP contribution in [-0.4, -0.2) is 35.9 Å². The first-order chi connectivity index (χ1) is 7.46. The van der Waals surface area contributed by atoms with Crippen LogP contribution in [0.25, 0.3) is 0 Å². The number of esters is 1. The molecule has 16 heavy (non-hydrogen) atoms. The molecule has 4 heteroatoms. The Kier molecular flexibility index (Phi) is 4.89. The molecule has 0 aliphatic carbocycles. The Labute approximate surface area is 101 Å². The molecular weight excluding hydrogens is 309 g/mol. The van der Waals surface area contributed by atoms with Crippen molar-refractivity contribution in [3.63, 3.8) is 0 Å². The summed E-state index contributed by atoms with van der Waals surface area (Å²) < 4.78 is 6.39. The monoisotopic (exact) mass is 331 g/mol. The van der Waals surface area contributed by atoms with Gasteiger partial charge in [-0.15, -0.1) is 0 Å². The summed E-state index contributed by atoms with van der Waals surface area (Å²) in [5.41, 5.74) is 0.749. The second kappa shape index (κ2) is 5.75. The molecule has 0 aliphatic rings. The van der Waals surface area contributed by atoms with E-state index in [0.29, 0.717) is 6.61 Å². The van der Waals surface area contributed by atoms with Gasteiger partial charge in [0.1, 0.15) is 0 Å². The molecule has 1 heterocycles. The first kappa shape index (κ1) is 13.6. The Morgan fingerprint density at radius 2 is 2.12 bits per heavy atom. The van der Waals surface area contributed by atoms with Crippen molar-refractivity contribution in [3.05, 3.63) is 17.8 Å². The average Bonchev–Trinajstić information content (AvgIpc) is 2.65. The van der Waals surface area contributed by atoms with Gasteiger partial charge in [0.05, 0.1) is 0 Å². The first-order valence-electron chi connectivity index (χ1n) is 5.81. The third-order valence-corrected chi connectivity index (χ3v) is 7.91. The van der Waals surface area contributed by atoms with Gasteiger partial charge >= 0.3 is 102 Å². The van der Waals surface area contributed by atoms with E-state index in [-0.39, 0.29) is 5.97 Å². The van der Waals surface area contributed by atoms with Crippen molar-refractivity contribution in [1.82, 2.24) is 4.98 Å². The summed E-state index contributed by atoms with van der Waals surface area (Å²) in [6.07, 6.45) is 3.82. The Morgan fingerprint density at radius 1 is 1.44 bits per heavy atom. The number of rotatable bonds is 5. The second-order valence-corrected chi connectivity index (χ2v) is 19.3. The predicted octanol–water partition coefficient (Wildman–Crippen LogP) is 2.52. The van der Waals surface area contributed by atoms with E-state index in [4.69, 9.17) is 4.74 Å². The Morgan fingerprint density at radius 3 is 2.69 bits per heavy atom. The molecule has 0 spiro atoms. The summed E-state index contributed by atoms with van der Waals surface area (Å²) in [5, 5.41) is 0. The summed E-state index contributed by atoms with van der Waals surface area (Å²) in [6, 6.07) is 1.84. The number of carbonyl (C=O) groups excluding carboxylic acids is 1. The molecule has 90 valence electrons. The summed E-state index contributed by atoms with van der Waals surface area (Å²) in [4.78, 5) is 21.9. The molecule has 0 bridgehead atoms. The third-order valence-electron chi connectivity index (χ3n) is 2.45. The molecule has 1 rings (SSSR count). The predicted molar refractivity (Wildman–Crippen MR) is 69.0 cm³/mol. The van der Waals surface area contributed by atoms with Crippen molar-refractivity contribution in [2.24, 2.45) is 0 Å². The van der Waals surface area contributed by atoms with Crippen molar-refractivity contribution in [2.75, 3.05) is 6.61 Å². The quantitative estimate of drug-likeness (QED) is 0.512. The third kappa shape index (κ3) is 3.54. The summed E-state index contributed by atoms with van der Waals surface area (Å²) in [6.45, 7) is 2.61. The van der Waals surface area contributed by atoms with Crippen molar-refractivity contribution in [2.45, 2.75) is 34.6 Å². The minimum atomic E-state index is -2.22. The summed E-state index contributed by atoms with van der Waals surface area (Å²) >= 11 is -2.22. The van der Waals surface area contributed by atoms with E-state index in [9.17, 15) is 4.79 Å². The van der Waals surface area contributed by atoms with E-state index in [1.807, 2.05) is 12.3 Å². The van der Waals surface area contributed by atoms with Crippen LogP contribution in [0.2, 0.25) is 14.8 Å². The number of carbonyl (C=O) groups is 1. The molecule has 0 saturated carbocycles. The fourth-order valence-corrected chi connectivity index (χ4v) is 5.86. The number of unbranched alkanes of at least 4 members (excludes halogenated alkanes) is 1. The Hall–Kier alpha value is -0.451. The number of aromatic nitrogens is 1. The normalized spacial score (nSPS) is 11.5. The first-order valence-corrected chi connectivity index (χ1v) is 15.8. The standard InChI is InChI=1S/C9H12NO2.3CH3.Sn/c1-2-3-6-12-9(11)8-4-5-10-7-8;;;;/h4-5,10H,2-3,6H2,1H3;3*1H3;. The van der Waals surface area contributed by atoms with Crippen LogP contribution in [0.4, 0.5) is 0 Å². The van der Waals surface area contributed by atoms with Crippen LogP contribution in [0, 0.1) is 0 Å². The van der Waals surface area contributed by atoms with Gasteiger partial charge in [0, 0.05) is 0 Å². The van der Waals surface area contributed by atoms with Crippen molar-refractivity contribution < 1.29 is 9.53 Å². The van der Waals surface area contributed by atoms with E-state index in [0.717, 1.165) is 22.1 Å². The van der Waals surface area contributed by atoms with Crippen molar-refractivity contribution in [3.8, 4) is 0 Å². The average molecular weight is 330 g/mol. The molecule has 3 nitrogen and oxygen atoms in total. The Balaban J connectivity index is 2.73. The molecule has 1 N–H and O–H groups in total. The van der Waals surface area contributed by atoms with Crippen LogP contribution in [0.3, 0.4) is 0 Å². The zero-order valence-corrected chi connectivity index (χ0v) is 13.4. The maximum atomic E-state index is 11.8. The van der Waals surface area contributed by atoms with E-state index in [2.05, 4.69) is 26.7 Å². The van der Waals surface area contributed by atoms with E-state index < -0.39 is 18.4 Å². The van der Waals surface area contributed by atoms with Gasteiger partial charge in [-0.2, -0.15) is 0 Å². The number of H-pyrrole nitrogens is 1. The molecule has 0 fully saturated rings. The van der Waals surface area contributed by atoms with Crippen LogP contribution in [0.1, 0.15) is 30.1 Å². The van der Waals surface area contributed by atoms with E-state index in [1.165, 1.54) is 0 Å². The van der Waals surface area contributed by atoms with Gasteiger partial charge in [0.25, 0.3) is 0 Å². The Bertz CT molecular complexity index is 352. The molecule has 0 atom stereocenters. The fraction of sp³-hybridized carbons (Fsp3) is 0.583. The number of hydrogen-bond donors (Lipinski definition) is 1. The van der Waals surface area contributed by atoms with Crippen molar-refractivity contribution in [1.29, 1.82) is 0 Å². The molecule has 0 radical (unpaired) electrons. The van der Waals surface area contributed by atoms with Gasteiger partial charge in [-0.25, -0.2) is 0 Å². The van der Waals surface area contributed by atoms with Crippen LogP contribution < -0.4 is 3.71 Å². The van der Waals surface area contributed by atoms with E-state index >= 15 is 0 Å². The van der Waals surface area contributed by atoms with E-state index in [1.54, 1.807) is 0 Å². The van der Waals surface area contributed by atoms with Crippen LogP contribution >= 0.6 is 0 Å². The van der Waals surface area contributed by atoms with Gasteiger partial charge in [-0.05, 0) is 0 Å². The van der Waals surface area contributed by atoms with Gasteiger partial charge < -0.3 is 0 Å². The molecule has 1 aromatic rings. The minimum absolute atomic E-state index is 0.170. The topological polar surface area (TPSA) is 42.1 Å². The molecule has 0 amide bonds. The van der Waals surface area contributed by atoms with Crippen LogP contribution in [-0.2, 0) is 4.74 Å². The molecule has 0 unspecified atom stereocenters. The van der Waals surface area contributed by atoms with Crippen LogP contribution in [0.15, 0.2) is 12.3 Å². The molecular formula is C12H21NO2Sn. The fourth-order valence-electron chi connectivity index (χ4n) is 1.55. The summed E-state index contributed by atoms with van der Waals surface area (Å²) in [5.74, 6) is -0.170. The number of nitrogens with one attached hydrogen (secondary N) is 1. The molecule has 1 aromatic heterocycles. The van der Waals surface area contributed by atoms with Gasteiger partial charge in [-0.1, -0.05) is 0 Å². The number of ether oxygens (including phenoxy) is 1. The van der Waals surface area contributed by atoms with Gasteiger partial charge in [-0.3, -0.25) is 0 Å². The molecule has 0 aliphatic heterocycles. The zero-order chi connectivity index (χ0) is 12.2. The zero-order valence-electron chi connectivity index (χ0n) is 10.6. The second-order valence-electron chi connectivity index (χ2n) is 5.01. The van der Waals surface area contributed by atoms with Gasteiger partial charge in [0.2, 0.25) is 0 Å². The number of hydrogen-bond acceptors (Lipinski definition) is 2.